The van der Waals surface area contributed by atoms with Crippen LogP contribution in [0.25, 0.3) is 0 Å². The van der Waals surface area contributed by atoms with Crippen molar-refractivity contribution in [2.24, 2.45) is 5.73 Å². The summed E-state index contributed by atoms with van der Waals surface area (Å²) < 4.78 is 5.18. The van der Waals surface area contributed by atoms with Crippen molar-refractivity contribution in [2.75, 3.05) is 13.1 Å². The van der Waals surface area contributed by atoms with E-state index < -0.39 is 5.54 Å². The lowest BCUT2D eigenvalue weighted by Gasteiger charge is -2.30. The van der Waals surface area contributed by atoms with Gasteiger partial charge in [-0.3, -0.25) is 0 Å². The lowest BCUT2D eigenvalue weighted by atomic mass is 9.89. The van der Waals surface area contributed by atoms with Crippen molar-refractivity contribution in [3.8, 4) is 0 Å². The Kier molecular flexibility index (Phi) is 2.75. The van der Waals surface area contributed by atoms with Gasteiger partial charge in [-0.05, 0) is 25.9 Å². The van der Waals surface area contributed by atoms with Crippen molar-refractivity contribution in [1.82, 2.24) is 15.5 Å². The van der Waals surface area contributed by atoms with E-state index in [4.69, 9.17) is 10.3 Å². The summed E-state index contributed by atoms with van der Waals surface area (Å²) in [5.74, 6) is 1.60. The standard InChI is InChI=1S/C10H18N4O/c1-7(2)8-13-9(14-15-8)10(11)3-5-12-6-4-10/h7,12H,3-6,11H2,1-2H3. The molecule has 0 radical (unpaired) electrons. The molecule has 1 saturated heterocycles. The zero-order valence-corrected chi connectivity index (χ0v) is 9.29. The van der Waals surface area contributed by atoms with Gasteiger partial charge < -0.3 is 15.6 Å². The summed E-state index contributed by atoms with van der Waals surface area (Å²) in [6.45, 7) is 5.90. The van der Waals surface area contributed by atoms with Crippen LogP contribution in [0.1, 0.15) is 44.3 Å². The van der Waals surface area contributed by atoms with Crippen molar-refractivity contribution in [3.05, 3.63) is 11.7 Å². The fraction of sp³-hybridized carbons (Fsp3) is 0.800. The van der Waals surface area contributed by atoms with Gasteiger partial charge in [0.05, 0.1) is 5.54 Å². The zero-order valence-electron chi connectivity index (χ0n) is 9.29. The fourth-order valence-corrected chi connectivity index (χ4v) is 1.77. The summed E-state index contributed by atoms with van der Waals surface area (Å²) in [7, 11) is 0. The number of nitrogens with two attached hydrogens (primary N) is 1. The summed E-state index contributed by atoms with van der Waals surface area (Å²) in [5, 5.41) is 7.27. The molecule has 1 fully saturated rings. The molecule has 0 aromatic carbocycles. The molecule has 84 valence electrons. The number of aromatic nitrogens is 2. The van der Waals surface area contributed by atoms with Crippen molar-refractivity contribution in [3.63, 3.8) is 0 Å². The van der Waals surface area contributed by atoms with Crippen LogP contribution in [-0.2, 0) is 5.54 Å². The lowest BCUT2D eigenvalue weighted by molar-refractivity contribution is 0.284. The van der Waals surface area contributed by atoms with Crippen LogP contribution in [0.5, 0.6) is 0 Å². The molecule has 1 aromatic rings. The Balaban J connectivity index is 2.20. The maximum absolute atomic E-state index is 6.27. The maximum atomic E-state index is 6.27. The molecule has 0 amide bonds. The van der Waals surface area contributed by atoms with Gasteiger partial charge in [0.2, 0.25) is 5.89 Å². The molecule has 0 aliphatic carbocycles. The molecule has 0 unspecified atom stereocenters. The molecule has 2 rings (SSSR count). The molecule has 15 heavy (non-hydrogen) atoms. The van der Waals surface area contributed by atoms with Crippen molar-refractivity contribution < 1.29 is 4.52 Å². The highest BCUT2D eigenvalue weighted by atomic mass is 16.5. The van der Waals surface area contributed by atoms with Gasteiger partial charge in [0.15, 0.2) is 5.82 Å². The molecule has 0 atom stereocenters. The number of hydrogen-bond acceptors (Lipinski definition) is 5. The van der Waals surface area contributed by atoms with Crippen molar-refractivity contribution >= 4 is 0 Å². The Bertz CT molecular complexity index is 328. The largest absolute Gasteiger partial charge is 0.339 e. The van der Waals surface area contributed by atoms with Gasteiger partial charge >= 0.3 is 0 Å². The highest BCUT2D eigenvalue weighted by Gasteiger charge is 2.34. The maximum Gasteiger partial charge on any atom is 0.229 e. The summed E-state index contributed by atoms with van der Waals surface area (Å²) in [6.07, 6.45) is 1.73. The third-order valence-electron chi connectivity index (χ3n) is 2.88. The molecular weight excluding hydrogens is 192 g/mol. The second-order valence-electron chi connectivity index (χ2n) is 4.52. The van der Waals surface area contributed by atoms with Crippen LogP contribution in [0.3, 0.4) is 0 Å². The quantitative estimate of drug-likeness (QED) is 0.752. The molecule has 1 aliphatic heterocycles. The van der Waals surface area contributed by atoms with Crippen molar-refractivity contribution in [2.45, 2.75) is 38.1 Å². The average molecular weight is 210 g/mol. The Morgan fingerprint density at radius 3 is 2.60 bits per heavy atom. The van der Waals surface area contributed by atoms with Gasteiger partial charge in [0.1, 0.15) is 0 Å². The third kappa shape index (κ3) is 2.03. The van der Waals surface area contributed by atoms with Crippen LogP contribution in [0.4, 0.5) is 0 Å². The van der Waals surface area contributed by atoms with Crippen molar-refractivity contribution in [1.29, 1.82) is 0 Å². The summed E-state index contributed by atoms with van der Waals surface area (Å²) in [5.41, 5.74) is 5.87. The molecule has 1 aromatic heterocycles. The zero-order chi connectivity index (χ0) is 10.9. The van der Waals surface area contributed by atoms with Crippen LogP contribution in [0.15, 0.2) is 4.52 Å². The summed E-state index contributed by atoms with van der Waals surface area (Å²) >= 11 is 0. The van der Waals surface area contributed by atoms with E-state index in [1.165, 1.54) is 0 Å². The predicted octanol–water partition coefficient (Wildman–Crippen LogP) is 0.730. The van der Waals surface area contributed by atoms with E-state index in [-0.39, 0.29) is 5.92 Å². The number of piperidine rings is 1. The molecule has 0 spiro atoms. The van der Waals surface area contributed by atoms with E-state index in [9.17, 15) is 0 Å². The topological polar surface area (TPSA) is 77.0 Å². The van der Waals surface area contributed by atoms with Gasteiger partial charge in [-0.2, -0.15) is 4.98 Å². The molecule has 2 heterocycles. The highest BCUT2D eigenvalue weighted by molar-refractivity contribution is 5.06. The molecule has 3 N–H and O–H groups in total. The Hall–Kier alpha value is -0.940. The van der Waals surface area contributed by atoms with E-state index in [0.717, 1.165) is 25.9 Å². The van der Waals surface area contributed by atoms with Gasteiger partial charge in [-0.25, -0.2) is 0 Å². The van der Waals surface area contributed by atoms with Gasteiger partial charge in [0, 0.05) is 5.92 Å². The van der Waals surface area contributed by atoms with E-state index >= 15 is 0 Å². The first-order chi connectivity index (χ1) is 7.12. The van der Waals surface area contributed by atoms with E-state index in [2.05, 4.69) is 15.5 Å². The van der Waals surface area contributed by atoms with Crippen LogP contribution < -0.4 is 11.1 Å². The smallest absolute Gasteiger partial charge is 0.229 e. The first-order valence-corrected chi connectivity index (χ1v) is 5.45. The SMILES string of the molecule is CC(C)c1nc(C2(N)CCNCC2)no1. The van der Waals surface area contributed by atoms with Gasteiger partial charge in [0.25, 0.3) is 0 Å². The Labute approximate surface area is 89.4 Å². The molecular formula is C10H18N4O. The normalized spacial score (nSPS) is 20.8. The minimum absolute atomic E-state index is 0.261. The van der Waals surface area contributed by atoms with E-state index in [1.807, 2.05) is 13.8 Å². The number of nitrogens with zero attached hydrogens (tertiary/aromatic N) is 2. The molecule has 5 heteroatoms. The molecule has 1 aliphatic rings. The minimum atomic E-state index is -0.401. The molecule has 5 nitrogen and oxygen atoms in total. The molecule has 0 saturated carbocycles. The van der Waals surface area contributed by atoms with E-state index in [0.29, 0.717) is 11.7 Å². The van der Waals surface area contributed by atoms with Gasteiger partial charge in [-0.15, -0.1) is 0 Å². The van der Waals surface area contributed by atoms with E-state index in [1.54, 1.807) is 0 Å². The molecule has 0 bridgehead atoms. The second-order valence-corrected chi connectivity index (χ2v) is 4.52. The number of nitrogens with one attached hydrogen (secondary N) is 1. The Morgan fingerprint density at radius 1 is 1.40 bits per heavy atom. The van der Waals surface area contributed by atoms with Gasteiger partial charge in [-0.1, -0.05) is 19.0 Å². The van der Waals surface area contributed by atoms with Crippen LogP contribution >= 0.6 is 0 Å². The highest BCUT2D eigenvalue weighted by Crippen LogP contribution is 2.26. The van der Waals surface area contributed by atoms with Crippen LogP contribution in [-0.4, -0.2) is 23.2 Å². The number of rotatable bonds is 2. The second kappa shape index (κ2) is 3.90. The summed E-state index contributed by atoms with van der Waals surface area (Å²) in [4.78, 5) is 4.37. The number of hydrogen-bond donors (Lipinski definition) is 2. The monoisotopic (exact) mass is 210 g/mol. The van der Waals surface area contributed by atoms with Crippen LogP contribution in [0.2, 0.25) is 0 Å². The fourth-order valence-electron chi connectivity index (χ4n) is 1.77. The minimum Gasteiger partial charge on any atom is -0.339 e. The van der Waals surface area contributed by atoms with Crippen LogP contribution in [0, 0.1) is 0 Å². The first kappa shape index (κ1) is 10.6. The predicted molar refractivity (Wildman–Crippen MR) is 56.4 cm³/mol. The third-order valence-corrected chi connectivity index (χ3v) is 2.88. The summed E-state index contributed by atoms with van der Waals surface area (Å²) in [6, 6.07) is 0. The average Bonchev–Trinajstić information content (AvgIpc) is 2.68. The first-order valence-electron chi connectivity index (χ1n) is 5.45. The lowest BCUT2D eigenvalue weighted by Crippen LogP contribution is -2.47. The Morgan fingerprint density at radius 2 is 2.07 bits per heavy atom.